The summed E-state index contributed by atoms with van der Waals surface area (Å²) in [4.78, 5) is 14.0. The number of likely N-dealkylation sites (N-methyl/N-ethyl adjacent to an activating group) is 1. The van der Waals surface area contributed by atoms with Crippen molar-refractivity contribution in [3.05, 3.63) is 29.8 Å². The van der Waals surface area contributed by atoms with Gasteiger partial charge in [0, 0.05) is 24.7 Å². The average molecular weight is 234 g/mol. The first kappa shape index (κ1) is 11.9. The van der Waals surface area contributed by atoms with Crippen molar-refractivity contribution in [3.8, 4) is 5.75 Å². The molecule has 0 aliphatic heterocycles. The average Bonchev–Trinajstić information content (AvgIpc) is 3.12. The maximum Gasteiger partial charge on any atom is 0.251 e. The van der Waals surface area contributed by atoms with Crippen LogP contribution in [-0.2, 0) is 0 Å². The van der Waals surface area contributed by atoms with Crippen molar-refractivity contribution in [1.29, 1.82) is 0 Å². The summed E-state index contributed by atoms with van der Waals surface area (Å²) in [7, 11) is 2.08. The van der Waals surface area contributed by atoms with Crippen LogP contribution in [0.5, 0.6) is 5.75 Å². The van der Waals surface area contributed by atoms with Gasteiger partial charge in [0.05, 0.1) is 0 Å². The molecule has 0 saturated heterocycles. The van der Waals surface area contributed by atoms with E-state index in [0.717, 1.165) is 6.54 Å². The van der Waals surface area contributed by atoms with Crippen LogP contribution < -0.4 is 5.32 Å². The predicted molar refractivity (Wildman–Crippen MR) is 66.1 cm³/mol. The SMILES string of the molecule is CN(CCNC(=O)c1cccc(O)c1)C1CC1. The molecule has 0 bridgehead atoms. The van der Waals surface area contributed by atoms with E-state index in [-0.39, 0.29) is 11.7 Å². The summed E-state index contributed by atoms with van der Waals surface area (Å²) in [5, 5.41) is 12.1. The molecule has 1 aromatic rings. The number of phenolic OH excluding ortho intramolecular Hbond substituents is 1. The van der Waals surface area contributed by atoms with Crippen molar-refractivity contribution in [1.82, 2.24) is 10.2 Å². The minimum absolute atomic E-state index is 0.118. The fourth-order valence-electron chi connectivity index (χ4n) is 1.79. The second-order valence-corrected chi connectivity index (χ2v) is 4.52. The molecule has 0 aromatic heterocycles. The number of rotatable bonds is 5. The lowest BCUT2D eigenvalue weighted by atomic mass is 10.2. The monoisotopic (exact) mass is 234 g/mol. The summed E-state index contributed by atoms with van der Waals surface area (Å²) in [6, 6.07) is 7.10. The Labute approximate surface area is 101 Å². The lowest BCUT2D eigenvalue weighted by Crippen LogP contribution is -2.33. The van der Waals surface area contributed by atoms with Gasteiger partial charge in [0.1, 0.15) is 5.75 Å². The molecule has 1 fully saturated rings. The normalized spacial score (nSPS) is 14.9. The smallest absolute Gasteiger partial charge is 0.251 e. The summed E-state index contributed by atoms with van der Waals surface area (Å²) in [5.74, 6) is -0.0159. The number of carbonyl (C=O) groups is 1. The summed E-state index contributed by atoms with van der Waals surface area (Å²) in [5.41, 5.74) is 0.499. The maximum atomic E-state index is 11.7. The highest BCUT2D eigenvalue weighted by atomic mass is 16.3. The number of aromatic hydroxyl groups is 1. The molecule has 1 amide bonds. The highest BCUT2D eigenvalue weighted by molar-refractivity contribution is 5.94. The molecule has 4 heteroatoms. The van der Waals surface area contributed by atoms with Crippen molar-refractivity contribution in [2.45, 2.75) is 18.9 Å². The number of phenols is 1. The zero-order chi connectivity index (χ0) is 12.3. The Morgan fingerprint density at radius 3 is 2.94 bits per heavy atom. The highest BCUT2D eigenvalue weighted by Crippen LogP contribution is 2.24. The fraction of sp³-hybridized carbons (Fsp3) is 0.462. The van der Waals surface area contributed by atoms with Crippen LogP contribution in [0, 0.1) is 0 Å². The van der Waals surface area contributed by atoms with Crippen molar-refractivity contribution >= 4 is 5.91 Å². The Morgan fingerprint density at radius 1 is 1.53 bits per heavy atom. The summed E-state index contributed by atoms with van der Waals surface area (Å²) >= 11 is 0. The Kier molecular flexibility index (Phi) is 3.64. The van der Waals surface area contributed by atoms with E-state index in [1.165, 1.54) is 18.9 Å². The van der Waals surface area contributed by atoms with Crippen molar-refractivity contribution in [2.75, 3.05) is 20.1 Å². The molecule has 2 rings (SSSR count). The molecule has 0 spiro atoms. The lowest BCUT2D eigenvalue weighted by Gasteiger charge is -2.15. The Bertz CT molecular complexity index is 402. The van der Waals surface area contributed by atoms with Crippen LogP contribution in [0.3, 0.4) is 0 Å². The van der Waals surface area contributed by atoms with Gasteiger partial charge >= 0.3 is 0 Å². The number of carbonyl (C=O) groups excluding carboxylic acids is 1. The molecular formula is C13H18N2O2. The quantitative estimate of drug-likeness (QED) is 0.805. The van der Waals surface area contributed by atoms with E-state index >= 15 is 0 Å². The Hall–Kier alpha value is -1.55. The number of benzene rings is 1. The fourth-order valence-corrected chi connectivity index (χ4v) is 1.79. The molecule has 1 aliphatic rings. The number of hydrogen-bond donors (Lipinski definition) is 2. The van der Waals surface area contributed by atoms with E-state index < -0.39 is 0 Å². The van der Waals surface area contributed by atoms with Gasteiger partial charge in [-0.25, -0.2) is 0 Å². The summed E-state index contributed by atoms with van der Waals surface area (Å²) in [6.45, 7) is 1.51. The van der Waals surface area contributed by atoms with Crippen LogP contribution >= 0.6 is 0 Å². The third kappa shape index (κ3) is 3.46. The Morgan fingerprint density at radius 2 is 2.29 bits per heavy atom. The van der Waals surface area contributed by atoms with Gasteiger partial charge < -0.3 is 15.3 Å². The molecular weight excluding hydrogens is 216 g/mol. The van der Waals surface area contributed by atoms with E-state index in [0.29, 0.717) is 18.2 Å². The molecule has 1 aliphatic carbocycles. The first-order valence-electron chi connectivity index (χ1n) is 5.94. The lowest BCUT2D eigenvalue weighted by molar-refractivity contribution is 0.0949. The van der Waals surface area contributed by atoms with E-state index in [4.69, 9.17) is 0 Å². The molecule has 17 heavy (non-hydrogen) atoms. The third-order valence-electron chi connectivity index (χ3n) is 3.03. The zero-order valence-corrected chi connectivity index (χ0v) is 10.0. The molecule has 2 N–H and O–H groups in total. The molecule has 0 unspecified atom stereocenters. The van der Waals surface area contributed by atoms with Gasteiger partial charge in [0.15, 0.2) is 0 Å². The number of nitrogens with one attached hydrogen (secondary N) is 1. The predicted octanol–water partition coefficient (Wildman–Crippen LogP) is 1.22. The first-order valence-corrected chi connectivity index (χ1v) is 5.94. The molecule has 1 saturated carbocycles. The second-order valence-electron chi connectivity index (χ2n) is 4.52. The van der Waals surface area contributed by atoms with Gasteiger partial charge in [0.25, 0.3) is 5.91 Å². The number of nitrogens with zero attached hydrogens (tertiary/aromatic N) is 1. The number of hydrogen-bond acceptors (Lipinski definition) is 3. The van der Waals surface area contributed by atoms with E-state index in [9.17, 15) is 9.90 Å². The van der Waals surface area contributed by atoms with Crippen LogP contribution in [0.25, 0.3) is 0 Å². The van der Waals surface area contributed by atoms with Gasteiger partial charge in [-0.1, -0.05) is 6.07 Å². The van der Waals surface area contributed by atoms with E-state index in [1.807, 2.05) is 0 Å². The van der Waals surface area contributed by atoms with Gasteiger partial charge in [-0.05, 0) is 38.1 Å². The number of amides is 1. The van der Waals surface area contributed by atoms with E-state index in [2.05, 4.69) is 17.3 Å². The van der Waals surface area contributed by atoms with Gasteiger partial charge in [-0.15, -0.1) is 0 Å². The second kappa shape index (κ2) is 5.19. The molecule has 0 atom stereocenters. The topological polar surface area (TPSA) is 52.6 Å². The highest BCUT2D eigenvalue weighted by Gasteiger charge is 2.25. The molecule has 1 aromatic carbocycles. The Balaban J connectivity index is 1.76. The van der Waals surface area contributed by atoms with Gasteiger partial charge in [-0.2, -0.15) is 0 Å². The summed E-state index contributed by atoms with van der Waals surface area (Å²) < 4.78 is 0. The maximum absolute atomic E-state index is 11.7. The molecule has 0 radical (unpaired) electrons. The summed E-state index contributed by atoms with van der Waals surface area (Å²) in [6.07, 6.45) is 2.55. The largest absolute Gasteiger partial charge is 0.508 e. The first-order chi connectivity index (χ1) is 8.16. The van der Waals surface area contributed by atoms with Crippen LogP contribution in [0.1, 0.15) is 23.2 Å². The van der Waals surface area contributed by atoms with Crippen LogP contribution in [0.15, 0.2) is 24.3 Å². The van der Waals surface area contributed by atoms with Gasteiger partial charge in [-0.3, -0.25) is 4.79 Å². The zero-order valence-electron chi connectivity index (χ0n) is 10.0. The van der Waals surface area contributed by atoms with E-state index in [1.54, 1.807) is 18.2 Å². The van der Waals surface area contributed by atoms with Crippen molar-refractivity contribution in [2.24, 2.45) is 0 Å². The molecule has 0 heterocycles. The standard InChI is InChI=1S/C13H18N2O2/c1-15(11-5-6-11)8-7-14-13(17)10-3-2-4-12(16)9-10/h2-4,9,11,16H,5-8H2,1H3,(H,14,17). The van der Waals surface area contributed by atoms with Crippen molar-refractivity contribution in [3.63, 3.8) is 0 Å². The van der Waals surface area contributed by atoms with Crippen LogP contribution in [-0.4, -0.2) is 42.1 Å². The molecule has 92 valence electrons. The minimum Gasteiger partial charge on any atom is -0.508 e. The molecule has 4 nitrogen and oxygen atoms in total. The van der Waals surface area contributed by atoms with Gasteiger partial charge in [0.2, 0.25) is 0 Å². The third-order valence-corrected chi connectivity index (χ3v) is 3.03. The minimum atomic E-state index is -0.134. The van der Waals surface area contributed by atoms with Crippen LogP contribution in [0.2, 0.25) is 0 Å². The van der Waals surface area contributed by atoms with Crippen LogP contribution in [0.4, 0.5) is 0 Å². The van der Waals surface area contributed by atoms with Crippen molar-refractivity contribution < 1.29 is 9.90 Å².